The number of carbonyl (C=O) groups is 1. The van der Waals surface area contributed by atoms with Crippen LogP contribution in [0, 0.1) is 5.82 Å². The predicted molar refractivity (Wildman–Crippen MR) is 128 cm³/mol. The van der Waals surface area contributed by atoms with Gasteiger partial charge in [0.1, 0.15) is 5.75 Å². The zero-order valence-electron chi connectivity index (χ0n) is 18.9. The number of aromatic amines is 1. The molecule has 1 aliphatic heterocycles. The number of thioether (sulfide) groups is 1. The maximum atomic E-state index is 13.8. The van der Waals surface area contributed by atoms with Gasteiger partial charge in [-0.2, -0.15) is 0 Å². The number of anilines is 1. The molecule has 10 heteroatoms. The highest BCUT2D eigenvalue weighted by Crippen LogP contribution is 2.24. The molecule has 0 atom stereocenters. The number of hydrogen-bond acceptors (Lipinski definition) is 7. The second-order valence-corrected chi connectivity index (χ2v) is 8.72. The minimum Gasteiger partial charge on any atom is -0.496 e. The minimum atomic E-state index is -0.562. The molecule has 2 aromatic carbocycles. The monoisotopic (exact) mass is 484 g/mol. The zero-order chi connectivity index (χ0) is 24.1. The number of methoxy groups -OCH3 is 2. The summed E-state index contributed by atoms with van der Waals surface area (Å²) in [5, 5.41) is 3.01. The Kier molecular flexibility index (Phi) is 7.49. The third-order valence-electron chi connectivity index (χ3n) is 5.49. The lowest BCUT2D eigenvalue weighted by Crippen LogP contribution is -2.35. The first-order valence-electron chi connectivity index (χ1n) is 10.7. The van der Waals surface area contributed by atoms with Gasteiger partial charge in [0.05, 0.1) is 31.2 Å². The smallest absolute Gasteiger partial charge is 0.256 e. The molecule has 0 spiro atoms. The van der Waals surface area contributed by atoms with E-state index in [0.29, 0.717) is 35.9 Å². The standard InChI is InChI=1S/C24H25FN4O4S/c1-32-20-6-4-3-5-15(20)12-29-10-9-19-17(13-29)23(31)28-24(27-19)34-14-22(30)26-16-7-8-21(33-2)18(25)11-16/h3-8,11H,9-10,12-14H2,1-2H3,(H,26,30)(H,27,28,31). The summed E-state index contributed by atoms with van der Waals surface area (Å²) in [6.07, 6.45) is 0.638. The maximum absolute atomic E-state index is 13.8. The van der Waals surface area contributed by atoms with Crippen molar-refractivity contribution < 1.29 is 18.7 Å². The summed E-state index contributed by atoms with van der Waals surface area (Å²) >= 11 is 1.13. The van der Waals surface area contributed by atoms with E-state index in [-0.39, 0.29) is 23.0 Å². The van der Waals surface area contributed by atoms with Crippen LogP contribution < -0.4 is 20.3 Å². The molecule has 0 saturated carbocycles. The Morgan fingerprint density at radius 2 is 2.00 bits per heavy atom. The number of para-hydroxylation sites is 1. The van der Waals surface area contributed by atoms with E-state index in [1.54, 1.807) is 13.2 Å². The van der Waals surface area contributed by atoms with Crippen LogP contribution in [0.3, 0.4) is 0 Å². The van der Waals surface area contributed by atoms with E-state index >= 15 is 0 Å². The Morgan fingerprint density at radius 3 is 2.76 bits per heavy atom. The van der Waals surface area contributed by atoms with E-state index in [1.165, 1.54) is 19.2 Å². The lowest BCUT2D eigenvalue weighted by atomic mass is 10.1. The normalized spacial score (nSPS) is 13.3. The number of amides is 1. The molecule has 1 amide bonds. The largest absolute Gasteiger partial charge is 0.496 e. The number of ether oxygens (including phenoxy) is 2. The van der Waals surface area contributed by atoms with Crippen LogP contribution in [0.2, 0.25) is 0 Å². The number of nitrogens with one attached hydrogen (secondary N) is 2. The summed E-state index contributed by atoms with van der Waals surface area (Å²) < 4.78 is 24.1. The average molecular weight is 485 g/mol. The number of H-pyrrole nitrogens is 1. The molecule has 0 unspecified atom stereocenters. The first-order valence-corrected chi connectivity index (χ1v) is 11.7. The number of fused-ring (bicyclic) bond motifs is 1. The van der Waals surface area contributed by atoms with Gasteiger partial charge in [-0.3, -0.25) is 14.5 Å². The van der Waals surface area contributed by atoms with Crippen LogP contribution >= 0.6 is 11.8 Å². The summed E-state index contributed by atoms with van der Waals surface area (Å²) in [7, 11) is 3.02. The first kappa shape index (κ1) is 23.8. The lowest BCUT2D eigenvalue weighted by Gasteiger charge is -2.28. The highest BCUT2D eigenvalue weighted by Gasteiger charge is 2.22. The molecule has 4 rings (SSSR count). The summed E-state index contributed by atoms with van der Waals surface area (Å²) in [6, 6.07) is 12.0. The van der Waals surface area contributed by atoms with Gasteiger partial charge >= 0.3 is 0 Å². The molecule has 2 heterocycles. The van der Waals surface area contributed by atoms with E-state index in [0.717, 1.165) is 35.3 Å². The summed E-state index contributed by atoms with van der Waals surface area (Å²) in [5.41, 5.74) is 2.58. The fourth-order valence-corrected chi connectivity index (χ4v) is 4.49. The third kappa shape index (κ3) is 5.57. The first-order chi connectivity index (χ1) is 16.5. The molecule has 3 aromatic rings. The minimum absolute atomic E-state index is 0.0231. The van der Waals surface area contributed by atoms with E-state index in [2.05, 4.69) is 20.2 Å². The van der Waals surface area contributed by atoms with E-state index < -0.39 is 5.82 Å². The number of halogens is 1. The van der Waals surface area contributed by atoms with Crippen molar-refractivity contribution in [3.63, 3.8) is 0 Å². The van der Waals surface area contributed by atoms with Crippen molar-refractivity contribution in [3.05, 3.63) is 75.5 Å². The molecule has 0 aliphatic carbocycles. The lowest BCUT2D eigenvalue weighted by molar-refractivity contribution is -0.113. The zero-order valence-corrected chi connectivity index (χ0v) is 19.7. The fraction of sp³-hybridized carbons (Fsp3) is 0.292. The van der Waals surface area contributed by atoms with Crippen molar-refractivity contribution in [2.24, 2.45) is 0 Å². The summed E-state index contributed by atoms with van der Waals surface area (Å²) in [5.74, 6) is 0.0497. The highest BCUT2D eigenvalue weighted by molar-refractivity contribution is 7.99. The second-order valence-electron chi connectivity index (χ2n) is 7.76. The predicted octanol–water partition coefficient (Wildman–Crippen LogP) is 3.22. The van der Waals surface area contributed by atoms with Crippen molar-refractivity contribution in [3.8, 4) is 11.5 Å². The molecule has 0 fully saturated rings. The molecular weight excluding hydrogens is 459 g/mol. The van der Waals surface area contributed by atoms with E-state index in [4.69, 9.17) is 9.47 Å². The van der Waals surface area contributed by atoms with Crippen molar-refractivity contribution >= 4 is 23.4 Å². The van der Waals surface area contributed by atoms with Crippen LogP contribution in [0.5, 0.6) is 11.5 Å². The fourth-order valence-electron chi connectivity index (χ4n) is 3.81. The Hall–Kier alpha value is -3.37. The molecule has 1 aromatic heterocycles. The van der Waals surface area contributed by atoms with Crippen LogP contribution in [0.15, 0.2) is 52.4 Å². The van der Waals surface area contributed by atoms with Crippen molar-refractivity contribution in [1.82, 2.24) is 14.9 Å². The SMILES string of the molecule is COc1ccc(NC(=O)CSc2nc3c(c(=O)[nH]2)CN(Cc2ccccc2OC)CC3)cc1F. The molecule has 0 saturated heterocycles. The van der Waals surface area contributed by atoms with Gasteiger partial charge in [0, 0.05) is 43.4 Å². The number of benzene rings is 2. The third-order valence-corrected chi connectivity index (χ3v) is 6.36. The van der Waals surface area contributed by atoms with Gasteiger partial charge in [-0.05, 0) is 18.2 Å². The van der Waals surface area contributed by atoms with Gasteiger partial charge < -0.3 is 19.8 Å². The van der Waals surface area contributed by atoms with Crippen molar-refractivity contribution in [2.45, 2.75) is 24.7 Å². The van der Waals surface area contributed by atoms with Crippen LogP contribution in [0.1, 0.15) is 16.8 Å². The Bertz CT molecular complexity index is 1250. The molecule has 0 radical (unpaired) electrons. The molecule has 34 heavy (non-hydrogen) atoms. The number of rotatable bonds is 8. The quantitative estimate of drug-likeness (QED) is 0.374. The summed E-state index contributed by atoms with van der Waals surface area (Å²) in [6.45, 7) is 1.92. The maximum Gasteiger partial charge on any atom is 0.256 e. The number of aromatic nitrogens is 2. The van der Waals surface area contributed by atoms with Crippen LogP contribution in [0.25, 0.3) is 0 Å². The van der Waals surface area contributed by atoms with Crippen LogP contribution in [-0.2, 0) is 24.3 Å². The van der Waals surface area contributed by atoms with Gasteiger partial charge in [0.2, 0.25) is 5.91 Å². The summed E-state index contributed by atoms with van der Waals surface area (Å²) in [4.78, 5) is 34.5. The Labute approximate surface area is 200 Å². The topological polar surface area (TPSA) is 96.5 Å². The molecule has 0 bridgehead atoms. The van der Waals surface area contributed by atoms with Gasteiger partial charge in [0.25, 0.3) is 5.56 Å². The second kappa shape index (κ2) is 10.7. The van der Waals surface area contributed by atoms with Crippen molar-refractivity contribution in [1.29, 1.82) is 0 Å². The number of hydrogen-bond donors (Lipinski definition) is 2. The van der Waals surface area contributed by atoms with Gasteiger partial charge in [-0.1, -0.05) is 30.0 Å². The average Bonchev–Trinajstić information content (AvgIpc) is 2.83. The molecular formula is C24H25FN4O4S. The van der Waals surface area contributed by atoms with Crippen LogP contribution in [0.4, 0.5) is 10.1 Å². The molecule has 1 aliphatic rings. The Morgan fingerprint density at radius 1 is 1.21 bits per heavy atom. The van der Waals surface area contributed by atoms with Gasteiger partial charge in [0.15, 0.2) is 16.7 Å². The molecule has 2 N–H and O–H groups in total. The Balaban J connectivity index is 1.37. The number of carbonyl (C=O) groups excluding carboxylic acids is 1. The number of nitrogens with zero attached hydrogens (tertiary/aromatic N) is 2. The molecule has 178 valence electrons. The highest BCUT2D eigenvalue weighted by atomic mass is 32.2. The van der Waals surface area contributed by atoms with Crippen molar-refractivity contribution in [2.75, 3.05) is 31.8 Å². The molecule has 8 nitrogen and oxygen atoms in total. The van der Waals surface area contributed by atoms with Gasteiger partial charge in [-0.15, -0.1) is 0 Å². The van der Waals surface area contributed by atoms with Gasteiger partial charge in [-0.25, -0.2) is 9.37 Å². The van der Waals surface area contributed by atoms with E-state index in [9.17, 15) is 14.0 Å². The van der Waals surface area contributed by atoms with Crippen LogP contribution in [-0.4, -0.2) is 47.3 Å². The van der Waals surface area contributed by atoms with E-state index in [1.807, 2.05) is 24.3 Å².